The molecule has 2 rings (SSSR count). The van der Waals surface area contributed by atoms with Crippen molar-refractivity contribution in [2.75, 3.05) is 0 Å². The van der Waals surface area contributed by atoms with Gasteiger partial charge in [-0.3, -0.25) is 15.8 Å². The zero-order valence-electron chi connectivity index (χ0n) is 9.69. The summed E-state index contributed by atoms with van der Waals surface area (Å²) in [5.41, 5.74) is 5.25. The van der Waals surface area contributed by atoms with Crippen LogP contribution in [0.15, 0.2) is 30.7 Å². The average Bonchev–Trinajstić information content (AvgIpc) is 2.33. The number of rotatable bonds is 3. The third-order valence-corrected chi connectivity index (χ3v) is 3.02. The molecule has 6 heteroatoms. The number of pyridine rings is 2. The Kier molecular flexibility index (Phi) is 4.14. The monoisotopic (exact) mass is 282 g/mol. The van der Waals surface area contributed by atoms with E-state index in [0.29, 0.717) is 15.7 Å². The maximum absolute atomic E-state index is 6.13. The number of halogens is 2. The first-order valence-electron chi connectivity index (χ1n) is 5.30. The second-order valence-corrected chi connectivity index (χ2v) is 4.76. The molecule has 2 aromatic rings. The van der Waals surface area contributed by atoms with Gasteiger partial charge >= 0.3 is 0 Å². The molecular formula is C12H12Cl2N4. The van der Waals surface area contributed by atoms with Crippen LogP contribution >= 0.6 is 23.2 Å². The van der Waals surface area contributed by atoms with E-state index in [9.17, 15) is 0 Å². The highest BCUT2D eigenvalue weighted by Gasteiger charge is 2.17. The van der Waals surface area contributed by atoms with Crippen LogP contribution in [0.3, 0.4) is 0 Å². The molecule has 0 aliphatic carbocycles. The summed E-state index contributed by atoms with van der Waals surface area (Å²) in [4.78, 5) is 8.35. The molecule has 94 valence electrons. The molecule has 0 saturated heterocycles. The molecule has 0 amide bonds. The lowest BCUT2D eigenvalue weighted by molar-refractivity contribution is 0.618. The van der Waals surface area contributed by atoms with Crippen LogP contribution in [0.2, 0.25) is 10.0 Å². The fraction of sp³-hybridized carbons (Fsp3) is 0.167. The van der Waals surface area contributed by atoms with Gasteiger partial charge in [0, 0.05) is 18.6 Å². The van der Waals surface area contributed by atoms with Crippen molar-refractivity contribution in [1.29, 1.82) is 0 Å². The van der Waals surface area contributed by atoms with Crippen LogP contribution < -0.4 is 11.3 Å². The molecule has 0 spiro atoms. The van der Waals surface area contributed by atoms with Crippen molar-refractivity contribution in [2.45, 2.75) is 13.0 Å². The van der Waals surface area contributed by atoms with E-state index in [1.54, 1.807) is 18.5 Å². The lowest BCUT2D eigenvalue weighted by atomic mass is 10.0. The summed E-state index contributed by atoms with van der Waals surface area (Å²) in [6.07, 6.45) is 5.04. The van der Waals surface area contributed by atoms with Crippen LogP contribution in [0.1, 0.15) is 22.9 Å². The molecule has 0 aromatic carbocycles. The van der Waals surface area contributed by atoms with Gasteiger partial charge in [0.05, 0.1) is 21.8 Å². The predicted octanol–water partition coefficient (Wildman–Crippen LogP) is 2.64. The molecule has 2 aromatic heterocycles. The van der Waals surface area contributed by atoms with E-state index in [-0.39, 0.29) is 6.04 Å². The third kappa shape index (κ3) is 2.79. The quantitative estimate of drug-likeness (QED) is 0.671. The van der Waals surface area contributed by atoms with E-state index >= 15 is 0 Å². The van der Waals surface area contributed by atoms with Gasteiger partial charge in [-0.05, 0) is 24.1 Å². The molecule has 0 aliphatic rings. The summed E-state index contributed by atoms with van der Waals surface area (Å²) in [6, 6.07) is 3.30. The predicted molar refractivity (Wildman–Crippen MR) is 72.4 cm³/mol. The van der Waals surface area contributed by atoms with Crippen molar-refractivity contribution < 1.29 is 0 Å². The molecule has 0 bridgehead atoms. The standard InChI is InChI=1S/C12H12Cl2N4/c1-7-2-8(5-16-4-7)11(18-15)12-10(14)3-9(13)6-17-12/h2-6,11,18H,15H2,1H3. The molecule has 2 heterocycles. The Morgan fingerprint density at radius 1 is 1.22 bits per heavy atom. The molecule has 1 atom stereocenters. The summed E-state index contributed by atoms with van der Waals surface area (Å²) in [7, 11) is 0. The minimum atomic E-state index is -0.317. The number of hydrogen-bond donors (Lipinski definition) is 2. The first-order chi connectivity index (χ1) is 8.61. The summed E-state index contributed by atoms with van der Waals surface area (Å²) >= 11 is 12.0. The molecule has 1 unspecified atom stereocenters. The second kappa shape index (κ2) is 5.63. The van der Waals surface area contributed by atoms with Gasteiger partial charge in [0.15, 0.2) is 0 Å². The SMILES string of the molecule is Cc1cncc(C(NN)c2ncc(Cl)cc2Cl)c1. The number of hydrazine groups is 1. The Hall–Kier alpha value is -1.20. The van der Waals surface area contributed by atoms with Crippen molar-refractivity contribution in [3.05, 3.63) is 57.6 Å². The lowest BCUT2D eigenvalue weighted by Crippen LogP contribution is -2.30. The van der Waals surface area contributed by atoms with Crippen LogP contribution in [-0.4, -0.2) is 9.97 Å². The molecule has 3 N–H and O–H groups in total. The van der Waals surface area contributed by atoms with Crippen molar-refractivity contribution in [3.8, 4) is 0 Å². The number of nitrogens with zero attached hydrogens (tertiary/aromatic N) is 2. The van der Waals surface area contributed by atoms with Gasteiger partial charge in [0.2, 0.25) is 0 Å². The van der Waals surface area contributed by atoms with Crippen molar-refractivity contribution in [1.82, 2.24) is 15.4 Å². The van der Waals surface area contributed by atoms with E-state index in [0.717, 1.165) is 11.1 Å². The number of nitrogens with two attached hydrogens (primary N) is 1. The average molecular weight is 283 g/mol. The van der Waals surface area contributed by atoms with Gasteiger partial charge in [0.1, 0.15) is 0 Å². The van der Waals surface area contributed by atoms with Crippen molar-refractivity contribution in [3.63, 3.8) is 0 Å². The maximum Gasteiger partial charge on any atom is 0.0911 e. The largest absolute Gasteiger partial charge is 0.271 e. The Morgan fingerprint density at radius 2 is 2.00 bits per heavy atom. The Labute approximate surface area is 115 Å². The Bertz CT molecular complexity index is 560. The smallest absolute Gasteiger partial charge is 0.0911 e. The summed E-state index contributed by atoms with van der Waals surface area (Å²) in [6.45, 7) is 1.96. The Balaban J connectivity index is 2.45. The highest BCUT2D eigenvalue weighted by Crippen LogP contribution is 2.27. The first-order valence-corrected chi connectivity index (χ1v) is 6.06. The van der Waals surface area contributed by atoms with Crippen LogP contribution in [0.4, 0.5) is 0 Å². The molecule has 4 nitrogen and oxygen atoms in total. The lowest BCUT2D eigenvalue weighted by Gasteiger charge is -2.17. The summed E-state index contributed by atoms with van der Waals surface area (Å²) in [5.74, 6) is 5.58. The molecule has 0 fully saturated rings. The van der Waals surface area contributed by atoms with E-state index in [1.807, 2.05) is 13.0 Å². The summed E-state index contributed by atoms with van der Waals surface area (Å²) < 4.78 is 0. The molecule has 0 aliphatic heterocycles. The van der Waals surface area contributed by atoms with Crippen molar-refractivity contribution in [2.24, 2.45) is 5.84 Å². The van der Waals surface area contributed by atoms with Crippen LogP contribution in [0, 0.1) is 6.92 Å². The van der Waals surface area contributed by atoms with Gasteiger partial charge in [-0.15, -0.1) is 0 Å². The zero-order valence-corrected chi connectivity index (χ0v) is 11.2. The maximum atomic E-state index is 6.13. The molecule has 18 heavy (non-hydrogen) atoms. The number of aryl methyl sites for hydroxylation is 1. The first kappa shape index (κ1) is 13.2. The van der Waals surface area contributed by atoms with Gasteiger partial charge in [-0.2, -0.15) is 0 Å². The topological polar surface area (TPSA) is 63.8 Å². The number of hydrogen-bond acceptors (Lipinski definition) is 4. The minimum absolute atomic E-state index is 0.317. The molecular weight excluding hydrogens is 271 g/mol. The minimum Gasteiger partial charge on any atom is -0.271 e. The van der Waals surface area contributed by atoms with Crippen molar-refractivity contribution >= 4 is 23.2 Å². The fourth-order valence-corrected chi connectivity index (χ4v) is 2.20. The molecule has 0 saturated carbocycles. The highest BCUT2D eigenvalue weighted by atomic mass is 35.5. The molecule has 0 radical (unpaired) electrons. The van der Waals surface area contributed by atoms with Crippen LogP contribution in [0.25, 0.3) is 0 Å². The fourth-order valence-electron chi connectivity index (χ4n) is 1.71. The normalized spacial score (nSPS) is 12.4. The van der Waals surface area contributed by atoms with E-state index in [1.165, 1.54) is 6.20 Å². The Morgan fingerprint density at radius 3 is 2.61 bits per heavy atom. The van der Waals surface area contributed by atoms with Crippen LogP contribution in [-0.2, 0) is 0 Å². The van der Waals surface area contributed by atoms with E-state index in [4.69, 9.17) is 29.0 Å². The number of aromatic nitrogens is 2. The van der Waals surface area contributed by atoms with E-state index in [2.05, 4.69) is 15.4 Å². The zero-order chi connectivity index (χ0) is 13.1. The second-order valence-electron chi connectivity index (χ2n) is 3.92. The number of nitrogens with one attached hydrogen (secondary N) is 1. The van der Waals surface area contributed by atoms with E-state index < -0.39 is 0 Å². The van der Waals surface area contributed by atoms with Gasteiger partial charge < -0.3 is 0 Å². The van der Waals surface area contributed by atoms with Crippen LogP contribution in [0.5, 0.6) is 0 Å². The third-order valence-electron chi connectivity index (χ3n) is 2.51. The van der Waals surface area contributed by atoms with Gasteiger partial charge in [-0.25, -0.2) is 5.43 Å². The van der Waals surface area contributed by atoms with Gasteiger partial charge in [-0.1, -0.05) is 29.3 Å². The van der Waals surface area contributed by atoms with Gasteiger partial charge in [0.25, 0.3) is 0 Å². The summed E-state index contributed by atoms with van der Waals surface area (Å²) in [5, 5.41) is 0.953. The highest BCUT2D eigenvalue weighted by molar-refractivity contribution is 6.34.